The van der Waals surface area contributed by atoms with Crippen LogP contribution in [0.3, 0.4) is 0 Å². The van der Waals surface area contributed by atoms with Crippen molar-refractivity contribution < 1.29 is 4.79 Å². The SMILES string of the molecule is CC(C)c1cccc(C(C)C)c1NC(=O)CN1CCN(CCc2cccs2)CC1. The van der Waals surface area contributed by atoms with Crippen LogP contribution >= 0.6 is 11.3 Å². The molecule has 158 valence electrons. The molecule has 1 aliphatic rings. The van der Waals surface area contributed by atoms with Crippen molar-refractivity contribution >= 4 is 22.9 Å². The van der Waals surface area contributed by atoms with Gasteiger partial charge in [-0.1, -0.05) is 52.0 Å². The Balaban J connectivity index is 1.52. The van der Waals surface area contributed by atoms with Gasteiger partial charge in [-0.05, 0) is 40.8 Å². The van der Waals surface area contributed by atoms with Crippen molar-refractivity contribution in [2.45, 2.75) is 46.0 Å². The molecular formula is C24H35N3OS. The number of hydrogen-bond donors (Lipinski definition) is 1. The molecule has 1 aromatic carbocycles. The smallest absolute Gasteiger partial charge is 0.238 e. The number of carbonyl (C=O) groups excluding carboxylic acids is 1. The van der Waals surface area contributed by atoms with Crippen LogP contribution in [0.25, 0.3) is 0 Å². The van der Waals surface area contributed by atoms with E-state index in [2.05, 4.69) is 78.5 Å². The van der Waals surface area contributed by atoms with Crippen LogP contribution in [0.2, 0.25) is 0 Å². The highest BCUT2D eigenvalue weighted by atomic mass is 32.1. The third-order valence-electron chi connectivity index (χ3n) is 5.72. The zero-order valence-corrected chi connectivity index (χ0v) is 19.1. The molecule has 3 rings (SSSR count). The maximum Gasteiger partial charge on any atom is 0.238 e. The number of nitrogens with one attached hydrogen (secondary N) is 1. The number of rotatable bonds is 8. The van der Waals surface area contributed by atoms with E-state index in [1.807, 2.05) is 11.3 Å². The molecule has 4 nitrogen and oxygen atoms in total. The van der Waals surface area contributed by atoms with Gasteiger partial charge in [-0.25, -0.2) is 0 Å². The van der Waals surface area contributed by atoms with Crippen molar-refractivity contribution in [1.29, 1.82) is 0 Å². The summed E-state index contributed by atoms with van der Waals surface area (Å²) in [5.41, 5.74) is 3.47. The Morgan fingerprint density at radius 3 is 2.14 bits per heavy atom. The van der Waals surface area contributed by atoms with Gasteiger partial charge in [0.05, 0.1) is 6.54 Å². The van der Waals surface area contributed by atoms with Gasteiger partial charge in [-0.2, -0.15) is 0 Å². The molecule has 2 heterocycles. The molecule has 1 N–H and O–H groups in total. The van der Waals surface area contributed by atoms with Crippen LogP contribution in [0.15, 0.2) is 35.7 Å². The summed E-state index contributed by atoms with van der Waals surface area (Å²) in [5, 5.41) is 5.40. The summed E-state index contributed by atoms with van der Waals surface area (Å²) in [6, 6.07) is 10.7. The summed E-state index contributed by atoms with van der Waals surface area (Å²) in [6.07, 6.45) is 1.13. The summed E-state index contributed by atoms with van der Waals surface area (Å²) >= 11 is 1.84. The second-order valence-electron chi connectivity index (χ2n) is 8.62. The normalized spacial score (nSPS) is 15.9. The average Bonchev–Trinajstić information content (AvgIpc) is 3.21. The first-order chi connectivity index (χ1) is 13.9. The predicted octanol–water partition coefficient (Wildman–Crippen LogP) is 4.79. The summed E-state index contributed by atoms with van der Waals surface area (Å²) in [4.78, 5) is 19.1. The van der Waals surface area contributed by atoms with Gasteiger partial charge >= 0.3 is 0 Å². The molecule has 0 saturated carbocycles. The van der Waals surface area contributed by atoms with Crippen molar-refractivity contribution in [2.24, 2.45) is 0 Å². The van der Waals surface area contributed by atoms with Gasteiger partial charge in [0.25, 0.3) is 0 Å². The first-order valence-corrected chi connectivity index (χ1v) is 11.7. The number of benzene rings is 1. The van der Waals surface area contributed by atoms with Crippen molar-refractivity contribution in [3.63, 3.8) is 0 Å². The number of anilines is 1. The first kappa shape index (κ1) is 22.0. The number of nitrogens with zero attached hydrogens (tertiary/aromatic N) is 2. The number of hydrogen-bond acceptors (Lipinski definition) is 4. The lowest BCUT2D eigenvalue weighted by molar-refractivity contribution is -0.117. The molecule has 29 heavy (non-hydrogen) atoms. The van der Waals surface area contributed by atoms with Crippen molar-refractivity contribution in [2.75, 3.05) is 44.6 Å². The molecule has 1 amide bonds. The average molecular weight is 414 g/mol. The number of carbonyl (C=O) groups is 1. The predicted molar refractivity (Wildman–Crippen MR) is 124 cm³/mol. The van der Waals surface area contributed by atoms with E-state index in [9.17, 15) is 4.79 Å². The van der Waals surface area contributed by atoms with Gasteiger partial charge in [0.1, 0.15) is 0 Å². The molecule has 0 unspecified atom stereocenters. The van der Waals surface area contributed by atoms with Crippen molar-refractivity contribution in [3.8, 4) is 0 Å². The van der Waals surface area contributed by atoms with Crippen molar-refractivity contribution in [1.82, 2.24) is 9.80 Å². The maximum absolute atomic E-state index is 12.8. The summed E-state index contributed by atoms with van der Waals surface area (Å²) < 4.78 is 0. The Labute approximate surface area is 179 Å². The van der Waals surface area contributed by atoms with Gasteiger partial charge in [0.2, 0.25) is 5.91 Å². The number of piperazine rings is 1. The molecule has 0 bridgehead atoms. The van der Waals surface area contributed by atoms with Gasteiger partial charge in [-0.15, -0.1) is 11.3 Å². The van der Waals surface area contributed by atoms with Crippen LogP contribution in [0.1, 0.15) is 55.5 Å². The van der Waals surface area contributed by atoms with E-state index in [1.165, 1.54) is 16.0 Å². The van der Waals surface area contributed by atoms with E-state index in [0.717, 1.165) is 44.8 Å². The Kier molecular flexibility index (Phi) is 7.87. The van der Waals surface area contributed by atoms with Crippen LogP contribution in [0.4, 0.5) is 5.69 Å². The second kappa shape index (κ2) is 10.4. The summed E-state index contributed by atoms with van der Waals surface area (Å²) in [5.74, 6) is 0.874. The molecule has 0 aliphatic carbocycles. The number of amides is 1. The lowest BCUT2D eigenvalue weighted by atomic mass is 9.92. The van der Waals surface area contributed by atoms with Gasteiger partial charge in [-0.3, -0.25) is 9.69 Å². The maximum atomic E-state index is 12.8. The highest BCUT2D eigenvalue weighted by molar-refractivity contribution is 7.09. The fraction of sp³-hybridized carbons (Fsp3) is 0.542. The molecular weight excluding hydrogens is 378 g/mol. The fourth-order valence-electron chi connectivity index (χ4n) is 3.97. The van der Waals surface area contributed by atoms with Crippen LogP contribution in [-0.2, 0) is 11.2 Å². The minimum atomic E-state index is 0.104. The first-order valence-electron chi connectivity index (χ1n) is 10.8. The number of para-hydroxylation sites is 1. The van der Waals surface area contributed by atoms with Gasteiger partial charge in [0.15, 0.2) is 0 Å². The Morgan fingerprint density at radius 2 is 1.59 bits per heavy atom. The third kappa shape index (κ3) is 6.14. The van der Waals surface area contributed by atoms with E-state index < -0.39 is 0 Å². The monoisotopic (exact) mass is 413 g/mol. The minimum Gasteiger partial charge on any atom is -0.324 e. The molecule has 5 heteroatoms. The van der Waals surface area contributed by atoms with E-state index in [-0.39, 0.29) is 5.91 Å². The minimum absolute atomic E-state index is 0.104. The lowest BCUT2D eigenvalue weighted by Gasteiger charge is -2.34. The van der Waals surface area contributed by atoms with Gasteiger partial charge < -0.3 is 10.2 Å². The molecule has 2 aromatic rings. The van der Waals surface area contributed by atoms with Crippen LogP contribution < -0.4 is 5.32 Å². The molecule has 0 atom stereocenters. The van der Waals surface area contributed by atoms with E-state index in [0.29, 0.717) is 18.4 Å². The second-order valence-corrected chi connectivity index (χ2v) is 9.65. The highest BCUT2D eigenvalue weighted by Crippen LogP contribution is 2.32. The summed E-state index contributed by atoms with van der Waals surface area (Å²) in [6.45, 7) is 14.3. The Hall–Kier alpha value is -1.69. The molecule has 0 radical (unpaired) electrons. The third-order valence-corrected chi connectivity index (χ3v) is 6.66. The van der Waals surface area contributed by atoms with Gasteiger partial charge in [0, 0.05) is 43.3 Å². The molecule has 0 spiro atoms. The molecule has 1 aliphatic heterocycles. The standard InChI is InChI=1S/C24H35N3OS/c1-18(2)21-8-5-9-22(19(3)4)24(21)25-23(28)17-27-14-12-26(13-15-27)11-10-20-7-6-16-29-20/h5-9,16,18-19H,10-15,17H2,1-4H3,(H,25,28). The number of thiophene rings is 1. The van der Waals surface area contributed by atoms with E-state index in [4.69, 9.17) is 0 Å². The molecule has 1 aromatic heterocycles. The van der Waals surface area contributed by atoms with E-state index >= 15 is 0 Å². The van der Waals surface area contributed by atoms with Crippen LogP contribution in [-0.4, -0.2) is 55.0 Å². The van der Waals surface area contributed by atoms with Crippen molar-refractivity contribution in [3.05, 3.63) is 51.7 Å². The zero-order valence-electron chi connectivity index (χ0n) is 18.3. The fourth-order valence-corrected chi connectivity index (χ4v) is 4.67. The summed E-state index contributed by atoms with van der Waals surface area (Å²) in [7, 11) is 0. The topological polar surface area (TPSA) is 35.6 Å². The lowest BCUT2D eigenvalue weighted by Crippen LogP contribution is -2.49. The van der Waals surface area contributed by atoms with E-state index in [1.54, 1.807) is 0 Å². The Morgan fingerprint density at radius 1 is 0.966 bits per heavy atom. The van der Waals surface area contributed by atoms with Crippen LogP contribution in [0.5, 0.6) is 0 Å². The zero-order chi connectivity index (χ0) is 20.8. The highest BCUT2D eigenvalue weighted by Gasteiger charge is 2.21. The quantitative estimate of drug-likeness (QED) is 0.676. The molecule has 1 fully saturated rings. The van der Waals surface area contributed by atoms with Crippen LogP contribution in [0, 0.1) is 0 Å². The molecule has 1 saturated heterocycles. The Bertz CT molecular complexity index is 751. The largest absolute Gasteiger partial charge is 0.324 e.